The minimum absolute atomic E-state index is 0.0209. The van der Waals surface area contributed by atoms with Crippen molar-refractivity contribution in [1.29, 1.82) is 0 Å². The van der Waals surface area contributed by atoms with Crippen LogP contribution in [0.3, 0.4) is 0 Å². The molecule has 0 aromatic rings. The fourth-order valence-corrected chi connectivity index (χ4v) is 0.272. The molecule has 9 heavy (non-hydrogen) atoms. The van der Waals surface area contributed by atoms with Crippen LogP contribution in [0.25, 0.3) is 0 Å². The molecule has 0 spiro atoms. The predicted octanol–water partition coefficient (Wildman–Crippen LogP) is -0.427. The van der Waals surface area contributed by atoms with Crippen LogP contribution in [0.1, 0.15) is 0 Å². The van der Waals surface area contributed by atoms with E-state index in [1.807, 2.05) is 0 Å². The summed E-state index contributed by atoms with van der Waals surface area (Å²) in [6, 6.07) is 0. The average Bonchev–Trinajstić information content (AvgIpc) is 1.89. The molecule has 56 valence electrons. The summed E-state index contributed by atoms with van der Waals surface area (Å²) in [7, 11) is 1.58. The lowest BCUT2D eigenvalue weighted by atomic mass is 10.8. The van der Waals surface area contributed by atoms with Gasteiger partial charge in [0.2, 0.25) is 0 Å². The number of methoxy groups -OCH3 is 1. The Morgan fingerprint density at radius 3 is 2.33 bits per heavy atom. The third-order valence-electron chi connectivity index (χ3n) is 0.629. The summed E-state index contributed by atoms with van der Waals surface area (Å²) in [4.78, 5) is 8.98. The first kappa shape index (κ1) is 8.84. The Kier molecular flexibility index (Phi) is 7.70. The monoisotopic (exact) mass is 136 g/mol. The van der Waals surface area contributed by atoms with Gasteiger partial charge in [0.05, 0.1) is 13.2 Å². The van der Waals surface area contributed by atoms with Gasteiger partial charge in [-0.25, -0.2) is 9.78 Å². The third kappa shape index (κ3) is 7.84. The Bertz CT molecular complexity index is 42.2. The van der Waals surface area contributed by atoms with E-state index in [-0.39, 0.29) is 13.2 Å². The van der Waals surface area contributed by atoms with E-state index in [2.05, 4.69) is 14.5 Å². The molecule has 0 heterocycles. The van der Waals surface area contributed by atoms with Gasteiger partial charge in [-0.1, -0.05) is 0 Å². The zero-order valence-corrected chi connectivity index (χ0v) is 5.50. The molecule has 0 aliphatic heterocycles. The third-order valence-corrected chi connectivity index (χ3v) is 0.629. The molecule has 0 aliphatic carbocycles. The zero-order valence-electron chi connectivity index (χ0n) is 5.50. The van der Waals surface area contributed by atoms with Gasteiger partial charge in [0.1, 0.15) is 13.2 Å². The van der Waals surface area contributed by atoms with Crippen molar-refractivity contribution in [1.82, 2.24) is 0 Å². The number of hydrogen-bond donors (Lipinski definition) is 1. The summed E-state index contributed by atoms with van der Waals surface area (Å²) in [6.45, 7) is 1.10. The minimum Gasteiger partial charge on any atom is -0.394 e. The first-order valence-corrected chi connectivity index (χ1v) is 2.76. The van der Waals surface area contributed by atoms with Crippen LogP contribution in [-0.4, -0.2) is 38.6 Å². The molecule has 4 heteroatoms. The van der Waals surface area contributed by atoms with E-state index < -0.39 is 0 Å². The van der Waals surface area contributed by atoms with E-state index in [4.69, 9.17) is 5.11 Å². The maximum atomic E-state index is 8.19. The lowest BCUT2D eigenvalue weighted by Crippen LogP contribution is -2.05. The molecule has 0 aromatic carbocycles. The number of aliphatic hydroxyl groups excluding tert-OH is 1. The summed E-state index contributed by atoms with van der Waals surface area (Å²) in [5.41, 5.74) is 0. The summed E-state index contributed by atoms with van der Waals surface area (Å²) in [5, 5.41) is 8.19. The maximum absolute atomic E-state index is 8.19. The number of rotatable bonds is 6. The van der Waals surface area contributed by atoms with Crippen LogP contribution < -0.4 is 0 Å². The molecule has 0 unspecified atom stereocenters. The topological polar surface area (TPSA) is 47.9 Å². The molecule has 0 aliphatic rings. The van der Waals surface area contributed by atoms with E-state index in [0.717, 1.165) is 0 Å². The van der Waals surface area contributed by atoms with Crippen LogP contribution in [0, 0.1) is 0 Å². The number of aliphatic hydroxyl groups is 1. The molecule has 0 atom stereocenters. The van der Waals surface area contributed by atoms with Gasteiger partial charge in [0.15, 0.2) is 0 Å². The first-order chi connectivity index (χ1) is 4.41. The highest BCUT2D eigenvalue weighted by Gasteiger charge is 1.85. The largest absolute Gasteiger partial charge is 0.394 e. The van der Waals surface area contributed by atoms with E-state index in [0.29, 0.717) is 13.2 Å². The van der Waals surface area contributed by atoms with Crippen LogP contribution in [0.15, 0.2) is 0 Å². The smallest absolute Gasteiger partial charge is 0.106 e. The van der Waals surface area contributed by atoms with Crippen molar-refractivity contribution in [3.63, 3.8) is 0 Å². The molecule has 1 N–H and O–H groups in total. The Balaban J connectivity index is 2.60. The van der Waals surface area contributed by atoms with Crippen LogP contribution in [-0.2, 0) is 14.5 Å². The van der Waals surface area contributed by atoms with Crippen molar-refractivity contribution in [2.24, 2.45) is 0 Å². The van der Waals surface area contributed by atoms with E-state index in [1.165, 1.54) is 0 Å². The highest BCUT2D eigenvalue weighted by molar-refractivity contribution is 4.18. The summed E-state index contributed by atoms with van der Waals surface area (Å²) in [6.07, 6.45) is 0. The molecule has 0 amide bonds. The lowest BCUT2D eigenvalue weighted by Gasteiger charge is -1.99. The van der Waals surface area contributed by atoms with Gasteiger partial charge < -0.3 is 9.84 Å². The molecule has 0 bridgehead atoms. The Morgan fingerprint density at radius 1 is 1.11 bits per heavy atom. The molecule has 0 aromatic heterocycles. The second-order valence-corrected chi connectivity index (χ2v) is 1.36. The van der Waals surface area contributed by atoms with Gasteiger partial charge in [-0.05, 0) is 0 Å². The SMILES string of the molecule is COCCOOCCO. The van der Waals surface area contributed by atoms with Gasteiger partial charge in [-0.3, -0.25) is 0 Å². The fourth-order valence-electron chi connectivity index (χ4n) is 0.272. The van der Waals surface area contributed by atoms with Gasteiger partial charge in [-0.15, -0.1) is 0 Å². The van der Waals surface area contributed by atoms with Gasteiger partial charge in [-0.2, -0.15) is 0 Å². The zero-order chi connectivity index (χ0) is 6.95. The Labute approximate surface area is 54.3 Å². The number of ether oxygens (including phenoxy) is 1. The van der Waals surface area contributed by atoms with Crippen molar-refractivity contribution in [3.8, 4) is 0 Å². The quantitative estimate of drug-likeness (QED) is 0.306. The molecule has 0 rings (SSSR count). The summed E-state index contributed by atoms with van der Waals surface area (Å²) in [5.74, 6) is 0. The molecule has 0 radical (unpaired) electrons. The first-order valence-electron chi connectivity index (χ1n) is 2.76. The molecule has 0 fully saturated rings. The second kappa shape index (κ2) is 7.84. The molecule has 0 saturated carbocycles. The minimum atomic E-state index is -0.0209. The van der Waals surface area contributed by atoms with Gasteiger partial charge in [0, 0.05) is 7.11 Å². The average molecular weight is 136 g/mol. The normalized spacial score (nSPS) is 10.0. The van der Waals surface area contributed by atoms with Crippen LogP contribution >= 0.6 is 0 Å². The molecule has 4 nitrogen and oxygen atoms in total. The van der Waals surface area contributed by atoms with Crippen molar-refractivity contribution >= 4 is 0 Å². The highest BCUT2D eigenvalue weighted by atomic mass is 17.2. The number of hydrogen-bond acceptors (Lipinski definition) is 4. The highest BCUT2D eigenvalue weighted by Crippen LogP contribution is 1.77. The van der Waals surface area contributed by atoms with Gasteiger partial charge in [0.25, 0.3) is 0 Å². The molecular weight excluding hydrogens is 124 g/mol. The lowest BCUT2D eigenvalue weighted by molar-refractivity contribution is -0.301. The van der Waals surface area contributed by atoms with E-state index in [1.54, 1.807) is 7.11 Å². The molecular formula is C5H12O4. The van der Waals surface area contributed by atoms with Crippen LogP contribution in [0.5, 0.6) is 0 Å². The van der Waals surface area contributed by atoms with Gasteiger partial charge >= 0.3 is 0 Å². The van der Waals surface area contributed by atoms with E-state index >= 15 is 0 Å². The van der Waals surface area contributed by atoms with Crippen LogP contribution in [0.4, 0.5) is 0 Å². The van der Waals surface area contributed by atoms with Crippen molar-refractivity contribution in [3.05, 3.63) is 0 Å². The maximum Gasteiger partial charge on any atom is 0.106 e. The van der Waals surface area contributed by atoms with Crippen molar-refractivity contribution < 1.29 is 19.6 Å². The predicted molar refractivity (Wildman–Crippen MR) is 30.9 cm³/mol. The molecule has 0 saturated heterocycles. The van der Waals surface area contributed by atoms with E-state index in [9.17, 15) is 0 Å². The summed E-state index contributed by atoms with van der Waals surface area (Å²) >= 11 is 0. The van der Waals surface area contributed by atoms with Crippen molar-refractivity contribution in [2.75, 3.05) is 33.5 Å². The second-order valence-electron chi connectivity index (χ2n) is 1.36. The fraction of sp³-hybridized carbons (Fsp3) is 1.00. The Hall–Kier alpha value is -0.160. The Morgan fingerprint density at radius 2 is 1.78 bits per heavy atom. The summed E-state index contributed by atoms with van der Waals surface area (Å²) < 4.78 is 4.65. The van der Waals surface area contributed by atoms with Crippen LogP contribution in [0.2, 0.25) is 0 Å². The standard InChI is InChI=1S/C5H12O4/c1-7-4-5-9-8-3-2-6/h6H,2-5H2,1H3. The van der Waals surface area contributed by atoms with Crippen molar-refractivity contribution in [2.45, 2.75) is 0 Å².